The molecule has 2 rings (SSSR count). The van der Waals surface area contributed by atoms with Crippen molar-refractivity contribution in [3.63, 3.8) is 0 Å². The molecule has 60 valence electrons. The van der Waals surface area contributed by atoms with Crippen LogP contribution in [0.5, 0.6) is 0 Å². The summed E-state index contributed by atoms with van der Waals surface area (Å²) in [6.07, 6.45) is 1.78. The van der Waals surface area contributed by atoms with E-state index in [-0.39, 0.29) is 0 Å². The molecule has 0 amide bonds. The Balaban J connectivity index is 2.45. The van der Waals surface area contributed by atoms with Crippen LogP contribution >= 0.6 is 11.3 Å². The van der Waals surface area contributed by atoms with Crippen LogP contribution in [-0.2, 0) is 0 Å². The van der Waals surface area contributed by atoms with Crippen molar-refractivity contribution in [3.05, 3.63) is 35.8 Å². The molecule has 0 bridgehead atoms. The number of hydrogen-bond donors (Lipinski definition) is 1. The van der Waals surface area contributed by atoms with Crippen molar-refractivity contribution in [2.45, 2.75) is 0 Å². The van der Waals surface area contributed by atoms with E-state index in [0.717, 1.165) is 16.3 Å². The summed E-state index contributed by atoms with van der Waals surface area (Å²) in [7, 11) is 0. The SMILES string of the molecule is Nc1cc(-c2ccccn2)cs1. The van der Waals surface area contributed by atoms with Gasteiger partial charge in [0.2, 0.25) is 0 Å². The molecule has 0 saturated carbocycles. The van der Waals surface area contributed by atoms with Gasteiger partial charge in [0.05, 0.1) is 10.7 Å². The summed E-state index contributed by atoms with van der Waals surface area (Å²) in [5, 5.41) is 2.84. The Hall–Kier alpha value is -1.35. The molecule has 0 aromatic carbocycles. The number of hydrogen-bond acceptors (Lipinski definition) is 3. The minimum absolute atomic E-state index is 0.829. The smallest absolute Gasteiger partial charge is 0.0863 e. The maximum atomic E-state index is 5.61. The summed E-state index contributed by atoms with van der Waals surface area (Å²) in [6, 6.07) is 7.78. The highest BCUT2D eigenvalue weighted by Crippen LogP contribution is 2.24. The van der Waals surface area contributed by atoms with Crippen LogP contribution in [0.1, 0.15) is 0 Å². The molecule has 3 heteroatoms. The zero-order valence-corrected chi connectivity index (χ0v) is 7.21. The zero-order valence-electron chi connectivity index (χ0n) is 6.40. The topological polar surface area (TPSA) is 38.9 Å². The van der Waals surface area contributed by atoms with Gasteiger partial charge < -0.3 is 5.73 Å². The Labute approximate surface area is 74.7 Å². The molecular weight excluding hydrogens is 168 g/mol. The Morgan fingerprint density at radius 1 is 1.33 bits per heavy atom. The average molecular weight is 176 g/mol. The summed E-state index contributed by atoms with van der Waals surface area (Å²) in [4.78, 5) is 4.21. The van der Waals surface area contributed by atoms with Crippen LogP contribution in [0.3, 0.4) is 0 Å². The fourth-order valence-electron chi connectivity index (χ4n) is 1.02. The third-order valence-corrected chi connectivity index (χ3v) is 2.34. The molecule has 0 radical (unpaired) electrons. The van der Waals surface area contributed by atoms with Gasteiger partial charge in [0.25, 0.3) is 0 Å². The minimum atomic E-state index is 0.829. The first-order chi connectivity index (χ1) is 5.86. The molecule has 2 aromatic rings. The molecule has 0 saturated heterocycles. The second-order valence-corrected chi connectivity index (χ2v) is 3.40. The Morgan fingerprint density at radius 2 is 2.25 bits per heavy atom. The van der Waals surface area contributed by atoms with E-state index in [1.165, 1.54) is 11.3 Å². The standard InChI is InChI=1S/C9H8N2S/c10-9-5-7(6-12-9)8-3-1-2-4-11-8/h1-6H,10H2. The van der Waals surface area contributed by atoms with E-state index >= 15 is 0 Å². The molecule has 12 heavy (non-hydrogen) atoms. The summed E-state index contributed by atoms with van der Waals surface area (Å²) in [6.45, 7) is 0. The second kappa shape index (κ2) is 2.95. The van der Waals surface area contributed by atoms with Gasteiger partial charge in [-0.05, 0) is 18.2 Å². The van der Waals surface area contributed by atoms with Gasteiger partial charge in [0.1, 0.15) is 0 Å². The zero-order chi connectivity index (χ0) is 8.39. The van der Waals surface area contributed by atoms with Gasteiger partial charge in [0.15, 0.2) is 0 Å². The van der Waals surface area contributed by atoms with Gasteiger partial charge in [-0.1, -0.05) is 6.07 Å². The van der Waals surface area contributed by atoms with Crippen LogP contribution in [0.4, 0.5) is 5.00 Å². The normalized spacial score (nSPS) is 10.0. The van der Waals surface area contributed by atoms with Crippen LogP contribution in [0, 0.1) is 0 Å². The molecule has 0 unspecified atom stereocenters. The number of pyridine rings is 1. The van der Waals surface area contributed by atoms with Crippen molar-refractivity contribution in [2.24, 2.45) is 0 Å². The van der Waals surface area contributed by atoms with E-state index in [1.807, 2.05) is 29.6 Å². The molecule has 2 aromatic heterocycles. The van der Waals surface area contributed by atoms with Gasteiger partial charge in [-0.15, -0.1) is 11.3 Å². The van der Waals surface area contributed by atoms with Crippen molar-refractivity contribution in [3.8, 4) is 11.3 Å². The molecule has 0 atom stereocenters. The fraction of sp³-hybridized carbons (Fsp3) is 0. The fourth-order valence-corrected chi connectivity index (χ4v) is 1.67. The molecule has 2 heterocycles. The number of rotatable bonds is 1. The van der Waals surface area contributed by atoms with E-state index in [0.29, 0.717) is 0 Å². The molecule has 0 spiro atoms. The predicted octanol–water partition coefficient (Wildman–Crippen LogP) is 2.39. The third kappa shape index (κ3) is 1.31. The molecule has 0 aliphatic carbocycles. The van der Waals surface area contributed by atoms with Gasteiger partial charge in [-0.3, -0.25) is 4.98 Å². The predicted molar refractivity (Wildman–Crippen MR) is 52.0 cm³/mol. The van der Waals surface area contributed by atoms with Crippen molar-refractivity contribution < 1.29 is 0 Å². The lowest BCUT2D eigenvalue weighted by Crippen LogP contribution is -1.78. The minimum Gasteiger partial charge on any atom is -0.391 e. The number of nitrogens with zero attached hydrogens (tertiary/aromatic N) is 1. The first-order valence-electron chi connectivity index (χ1n) is 3.62. The highest BCUT2D eigenvalue weighted by Gasteiger charge is 1.99. The lowest BCUT2D eigenvalue weighted by atomic mass is 10.2. The number of anilines is 1. The van der Waals surface area contributed by atoms with E-state index in [9.17, 15) is 0 Å². The number of nitrogen functional groups attached to an aromatic ring is 1. The quantitative estimate of drug-likeness (QED) is 0.724. The first-order valence-corrected chi connectivity index (χ1v) is 4.49. The number of nitrogens with two attached hydrogens (primary N) is 1. The third-order valence-electron chi connectivity index (χ3n) is 1.58. The Morgan fingerprint density at radius 3 is 2.83 bits per heavy atom. The van der Waals surface area contributed by atoms with Crippen LogP contribution < -0.4 is 5.73 Å². The van der Waals surface area contributed by atoms with Crippen molar-refractivity contribution in [1.29, 1.82) is 0 Å². The largest absolute Gasteiger partial charge is 0.391 e. The van der Waals surface area contributed by atoms with Gasteiger partial charge in [-0.25, -0.2) is 0 Å². The van der Waals surface area contributed by atoms with Crippen molar-refractivity contribution in [2.75, 3.05) is 5.73 Å². The molecular formula is C9H8N2S. The Kier molecular flexibility index (Phi) is 1.80. The van der Waals surface area contributed by atoms with Crippen LogP contribution in [0.2, 0.25) is 0 Å². The second-order valence-electron chi connectivity index (χ2n) is 2.45. The van der Waals surface area contributed by atoms with E-state index in [4.69, 9.17) is 5.73 Å². The first kappa shape index (κ1) is 7.31. The molecule has 0 fully saturated rings. The van der Waals surface area contributed by atoms with Crippen molar-refractivity contribution >= 4 is 16.3 Å². The summed E-state index contributed by atoms with van der Waals surface area (Å²) < 4.78 is 0. The van der Waals surface area contributed by atoms with Crippen LogP contribution in [0.15, 0.2) is 35.8 Å². The lowest BCUT2D eigenvalue weighted by molar-refractivity contribution is 1.33. The van der Waals surface area contributed by atoms with Crippen molar-refractivity contribution in [1.82, 2.24) is 4.98 Å². The van der Waals surface area contributed by atoms with E-state index in [1.54, 1.807) is 6.20 Å². The molecule has 2 N–H and O–H groups in total. The highest BCUT2D eigenvalue weighted by molar-refractivity contribution is 7.14. The Bertz CT molecular complexity index is 367. The van der Waals surface area contributed by atoms with Crippen LogP contribution in [0.25, 0.3) is 11.3 Å². The average Bonchev–Trinajstić information content (AvgIpc) is 2.54. The highest BCUT2D eigenvalue weighted by atomic mass is 32.1. The maximum Gasteiger partial charge on any atom is 0.0863 e. The van der Waals surface area contributed by atoms with Crippen LogP contribution in [-0.4, -0.2) is 4.98 Å². The maximum absolute atomic E-state index is 5.61. The number of aromatic nitrogens is 1. The summed E-state index contributed by atoms with van der Waals surface area (Å²) in [5.41, 5.74) is 7.68. The summed E-state index contributed by atoms with van der Waals surface area (Å²) in [5.74, 6) is 0. The lowest BCUT2D eigenvalue weighted by Gasteiger charge is -1.92. The molecule has 2 nitrogen and oxygen atoms in total. The van der Waals surface area contributed by atoms with Gasteiger partial charge >= 0.3 is 0 Å². The number of thiophene rings is 1. The van der Waals surface area contributed by atoms with Gasteiger partial charge in [-0.2, -0.15) is 0 Å². The van der Waals surface area contributed by atoms with E-state index in [2.05, 4.69) is 4.98 Å². The molecule has 0 aliphatic heterocycles. The monoisotopic (exact) mass is 176 g/mol. The molecule has 0 aliphatic rings. The van der Waals surface area contributed by atoms with Gasteiger partial charge in [0, 0.05) is 17.1 Å². The summed E-state index contributed by atoms with van der Waals surface area (Å²) >= 11 is 1.54. The van der Waals surface area contributed by atoms with E-state index < -0.39 is 0 Å².